The fourth-order valence-corrected chi connectivity index (χ4v) is 5.70. The van der Waals surface area contributed by atoms with Gasteiger partial charge in [0.1, 0.15) is 23.7 Å². The monoisotopic (exact) mass is 678 g/mol. The summed E-state index contributed by atoms with van der Waals surface area (Å²) in [5, 5.41) is 6.77. The van der Waals surface area contributed by atoms with Gasteiger partial charge in [0.05, 0.1) is 22.8 Å². The molecular formula is C33H23F5N6O3S. The maximum Gasteiger partial charge on any atom is 0.573 e. The molecule has 1 aliphatic rings. The molecule has 0 atom stereocenters. The molecule has 4 aromatic carbocycles. The lowest BCUT2D eigenvalue weighted by Gasteiger charge is -2.20. The Kier molecular flexibility index (Phi) is 8.95. The molecule has 0 bridgehead atoms. The Hall–Kier alpha value is -5.57. The van der Waals surface area contributed by atoms with Crippen LogP contribution in [0, 0.1) is 18.6 Å². The predicted molar refractivity (Wildman–Crippen MR) is 170 cm³/mol. The van der Waals surface area contributed by atoms with Gasteiger partial charge in [0.25, 0.3) is 0 Å². The molecule has 244 valence electrons. The highest BCUT2D eigenvalue weighted by Gasteiger charge is 2.33. The van der Waals surface area contributed by atoms with Crippen LogP contribution < -0.4 is 15.0 Å². The van der Waals surface area contributed by atoms with Crippen LogP contribution in [-0.2, 0) is 11.2 Å². The zero-order valence-electron chi connectivity index (χ0n) is 24.8. The third-order valence-electron chi connectivity index (χ3n) is 7.05. The van der Waals surface area contributed by atoms with Crippen molar-refractivity contribution in [2.45, 2.75) is 19.7 Å². The SMILES string of the molecule is Cc1ccc(Cc2ccc(F)cc2)c(N2C(=O)CSC2=NC(=O)Nc2ccc(-c3ncn(-c4ccc(OC(F)(F)F)cc4)n3)cc2F)c1. The van der Waals surface area contributed by atoms with Gasteiger partial charge >= 0.3 is 12.4 Å². The van der Waals surface area contributed by atoms with Crippen molar-refractivity contribution in [3.05, 3.63) is 120 Å². The van der Waals surface area contributed by atoms with E-state index in [-0.39, 0.29) is 39.7 Å². The number of aromatic nitrogens is 3. The number of aliphatic imine (C=N–C) groups is 1. The normalized spacial score (nSPS) is 14.1. The number of hydrogen-bond acceptors (Lipinski definition) is 6. The van der Waals surface area contributed by atoms with E-state index in [1.165, 1.54) is 52.3 Å². The van der Waals surface area contributed by atoms with Crippen molar-refractivity contribution < 1.29 is 36.3 Å². The van der Waals surface area contributed by atoms with Gasteiger partial charge in [-0.15, -0.1) is 18.3 Å². The van der Waals surface area contributed by atoms with Gasteiger partial charge < -0.3 is 10.1 Å². The summed E-state index contributed by atoms with van der Waals surface area (Å²) in [6, 6.07) is 19.5. The number of carbonyl (C=O) groups excluding carboxylic acids is 2. The molecule has 5 aromatic rings. The van der Waals surface area contributed by atoms with Crippen LogP contribution in [0.3, 0.4) is 0 Å². The molecule has 9 nitrogen and oxygen atoms in total. The lowest BCUT2D eigenvalue weighted by Crippen LogP contribution is -2.31. The van der Waals surface area contributed by atoms with E-state index in [0.717, 1.165) is 46.7 Å². The van der Waals surface area contributed by atoms with E-state index in [9.17, 15) is 27.2 Å². The van der Waals surface area contributed by atoms with E-state index in [1.54, 1.807) is 18.2 Å². The third-order valence-corrected chi connectivity index (χ3v) is 7.97. The summed E-state index contributed by atoms with van der Waals surface area (Å²) in [4.78, 5) is 35.5. The first-order valence-electron chi connectivity index (χ1n) is 14.2. The van der Waals surface area contributed by atoms with E-state index >= 15 is 4.39 Å². The first kappa shape index (κ1) is 32.4. The molecule has 1 saturated heterocycles. The number of hydrogen-bond donors (Lipinski definition) is 1. The van der Waals surface area contributed by atoms with Crippen LogP contribution in [-0.4, -0.2) is 44.0 Å². The van der Waals surface area contributed by atoms with Gasteiger partial charge in [-0.3, -0.25) is 9.69 Å². The minimum Gasteiger partial charge on any atom is -0.406 e. The Balaban J connectivity index is 1.17. The molecule has 1 fully saturated rings. The van der Waals surface area contributed by atoms with Gasteiger partial charge in [-0.2, -0.15) is 4.99 Å². The zero-order valence-corrected chi connectivity index (χ0v) is 25.6. The molecule has 1 N–H and O–H groups in total. The van der Waals surface area contributed by atoms with Crippen LogP contribution in [0.1, 0.15) is 16.7 Å². The van der Waals surface area contributed by atoms with Gasteiger partial charge in [-0.25, -0.2) is 23.2 Å². The van der Waals surface area contributed by atoms with E-state index in [1.807, 2.05) is 19.1 Å². The van der Waals surface area contributed by atoms with E-state index in [4.69, 9.17) is 0 Å². The van der Waals surface area contributed by atoms with E-state index in [2.05, 4.69) is 25.1 Å². The van der Waals surface area contributed by atoms with Gasteiger partial charge in [0, 0.05) is 5.56 Å². The van der Waals surface area contributed by atoms with Crippen molar-refractivity contribution in [1.29, 1.82) is 0 Å². The number of rotatable bonds is 7. The minimum atomic E-state index is -4.82. The van der Waals surface area contributed by atoms with Crippen LogP contribution in [0.2, 0.25) is 0 Å². The Bertz CT molecular complexity index is 2030. The number of amidine groups is 1. The van der Waals surface area contributed by atoms with Crippen molar-refractivity contribution >= 4 is 40.2 Å². The van der Waals surface area contributed by atoms with Crippen molar-refractivity contribution in [2.75, 3.05) is 16.0 Å². The first-order chi connectivity index (χ1) is 22.9. The number of aryl methyl sites for hydroxylation is 1. The second-order valence-corrected chi connectivity index (χ2v) is 11.5. The molecular weight excluding hydrogens is 655 g/mol. The van der Waals surface area contributed by atoms with Gasteiger partial charge in [0.15, 0.2) is 11.0 Å². The molecule has 1 aliphatic heterocycles. The van der Waals surface area contributed by atoms with Crippen LogP contribution in [0.4, 0.5) is 38.1 Å². The first-order valence-corrected chi connectivity index (χ1v) is 15.2. The number of ether oxygens (including phenoxy) is 1. The summed E-state index contributed by atoms with van der Waals surface area (Å²) in [6.07, 6.45) is -3.11. The van der Waals surface area contributed by atoms with Crippen LogP contribution in [0.5, 0.6) is 5.75 Å². The highest BCUT2D eigenvalue weighted by molar-refractivity contribution is 8.15. The largest absolute Gasteiger partial charge is 0.573 e. The number of thioether (sulfide) groups is 1. The summed E-state index contributed by atoms with van der Waals surface area (Å²) in [5.74, 6) is -1.69. The fraction of sp³-hybridized carbons (Fsp3) is 0.121. The molecule has 15 heteroatoms. The van der Waals surface area contributed by atoms with Gasteiger partial charge in [-0.1, -0.05) is 36.0 Å². The third kappa shape index (κ3) is 7.52. The molecule has 1 aromatic heterocycles. The average Bonchev–Trinajstić information content (AvgIpc) is 3.67. The fourth-order valence-electron chi connectivity index (χ4n) is 4.84. The molecule has 0 aliphatic carbocycles. The molecule has 48 heavy (non-hydrogen) atoms. The molecule has 0 unspecified atom stereocenters. The lowest BCUT2D eigenvalue weighted by molar-refractivity contribution is -0.274. The Morgan fingerprint density at radius 3 is 2.46 bits per heavy atom. The number of urea groups is 1. The lowest BCUT2D eigenvalue weighted by atomic mass is 10.0. The summed E-state index contributed by atoms with van der Waals surface area (Å²) in [6.45, 7) is 1.86. The summed E-state index contributed by atoms with van der Waals surface area (Å²) in [7, 11) is 0. The molecule has 6 rings (SSSR count). The number of alkyl halides is 3. The van der Waals surface area contributed by atoms with Crippen molar-refractivity contribution in [1.82, 2.24) is 14.8 Å². The number of benzene rings is 4. The van der Waals surface area contributed by atoms with E-state index in [0.29, 0.717) is 17.8 Å². The standard InChI is InChI=1S/C33H23F5N6O3S/c1-19-2-5-21(15-20-3-7-23(34)8-4-20)28(14-19)44-29(45)17-48-32(44)41-31(46)40-27-13-6-22(16-26(27)35)30-39-18-43(42-30)24-9-11-25(12-10-24)47-33(36,37)38/h2-14,16,18H,15,17H2,1H3,(H,40,46). The zero-order chi connectivity index (χ0) is 34.0. The number of amides is 3. The predicted octanol–water partition coefficient (Wildman–Crippen LogP) is 7.68. The summed E-state index contributed by atoms with van der Waals surface area (Å²) >= 11 is 1.07. The van der Waals surface area contributed by atoms with Gasteiger partial charge in [0.2, 0.25) is 5.91 Å². The second-order valence-electron chi connectivity index (χ2n) is 10.5. The molecule has 3 amide bonds. The summed E-state index contributed by atoms with van der Waals surface area (Å²) < 4.78 is 71.0. The maximum absolute atomic E-state index is 15.1. The number of carbonyl (C=O) groups is 2. The molecule has 0 spiro atoms. The molecule has 0 saturated carbocycles. The Morgan fingerprint density at radius 1 is 1.00 bits per heavy atom. The Morgan fingerprint density at radius 2 is 1.75 bits per heavy atom. The summed E-state index contributed by atoms with van der Waals surface area (Å²) in [5.41, 5.74) is 3.47. The number of nitrogens with one attached hydrogen (secondary N) is 1. The average molecular weight is 679 g/mol. The highest BCUT2D eigenvalue weighted by Crippen LogP contribution is 2.32. The smallest absolute Gasteiger partial charge is 0.406 e. The van der Waals surface area contributed by atoms with Crippen molar-refractivity contribution in [3.63, 3.8) is 0 Å². The molecule has 2 heterocycles. The van der Waals surface area contributed by atoms with Crippen molar-refractivity contribution in [2.24, 2.45) is 4.99 Å². The number of nitrogens with zero attached hydrogens (tertiary/aromatic N) is 5. The van der Waals surface area contributed by atoms with Crippen molar-refractivity contribution in [3.8, 4) is 22.8 Å². The number of halogens is 5. The number of anilines is 2. The molecule has 0 radical (unpaired) electrons. The van der Waals surface area contributed by atoms with Crippen LogP contribution in [0.25, 0.3) is 17.1 Å². The maximum atomic E-state index is 15.1. The second kappa shape index (κ2) is 13.3. The minimum absolute atomic E-state index is 0.0459. The topological polar surface area (TPSA) is 102 Å². The quantitative estimate of drug-likeness (QED) is 0.177. The van der Waals surface area contributed by atoms with Crippen LogP contribution in [0.15, 0.2) is 96.2 Å². The van der Waals surface area contributed by atoms with Crippen LogP contribution >= 0.6 is 11.8 Å². The Labute approximate surface area is 274 Å². The highest BCUT2D eigenvalue weighted by atomic mass is 32.2. The van der Waals surface area contributed by atoms with Gasteiger partial charge in [-0.05, 0) is 90.7 Å². The van der Waals surface area contributed by atoms with E-state index < -0.39 is 24.0 Å².